The average molecular weight is 401 g/mol. The second kappa shape index (κ2) is 8.11. The molecule has 30 heavy (non-hydrogen) atoms. The monoisotopic (exact) mass is 401 g/mol. The van der Waals surface area contributed by atoms with Crippen molar-refractivity contribution in [1.82, 2.24) is 0 Å². The van der Waals surface area contributed by atoms with E-state index in [0.717, 1.165) is 16.7 Å². The number of fused-ring (bicyclic) bond motifs is 2. The van der Waals surface area contributed by atoms with Crippen molar-refractivity contribution in [2.75, 3.05) is 0 Å². The van der Waals surface area contributed by atoms with Crippen LogP contribution in [0.2, 0.25) is 0 Å². The van der Waals surface area contributed by atoms with E-state index in [1.807, 2.05) is 6.07 Å². The van der Waals surface area contributed by atoms with Gasteiger partial charge in [-0.25, -0.2) is 0 Å². The van der Waals surface area contributed by atoms with E-state index in [0.29, 0.717) is 0 Å². The number of nitriles is 1. The summed E-state index contributed by atoms with van der Waals surface area (Å²) in [7, 11) is -0.726. The summed E-state index contributed by atoms with van der Waals surface area (Å²) in [5, 5.41) is 12.6. The summed E-state index contributed by atoms with van der Waals surface area (Å²) >= 11 is 0. The zero-order valence-electron chi connectivity index (χ0n) is 16.4. The van der Waals surface area contributed by atoms with E-state index in [2.05, 4.69) is 115 Å². The highest BCUT2D eigenvalue weighted by Gasteiger charge is 2.32. The summed E-state index contributed by atoms with van der Waals surface area (Å²) in [6.45, 7) is 0. The van der Waals surface area contributed by atoms with Crippen molar-refractivity contribution in [2.45, 2.75) is 5.66 Å². The maximum atomic E-state index is 9.93. The van der Waals surface area contributed by atoms with Crippen LogP contribution in [0.25, 0.3) is 11.6 Å². The van der Waals surface area contributed by atoms with Gasteiger partial charge in [-0.1, -0.05) is 109 Å². The average Bonchev–Trinajstić information content (AvgIpc) is 2.96. The Labute approximate surface area is 178 Å². The zero-order valence-corrected chi connectivity index (χ0v) is 17.3. The molecule has 0 saturated carbocycles. The molecule has 0 N–H and O–H groups in total. The van der Waals surface area contributed by atoms with Gasteiger partial charge < -0.3 is 0 Å². The van der Waals surface area contributed by atoms with Crippen LogP contribution in [-0.4, -0.2) is 0 Å². The third-order valence-electron chi connectivity index (χ3n) is 5.58. The number of rotatable bonds is 3. The molecule has 5 rings (SSSR count). The zero-order chi connectivity index (χ0) is 20.3. The summed E-state index contributed by atoms with van der Waals surface area (Å²) in [4.78, 5) is 0. The fourth-order valence-corrected chi connectivity index (χ4v) is 7.17. The van der Waals surface area contributed by atoms with Gasteiger partial charge in [0.15, 0.2) is 0 Å². The number of nitrogens with zero attached hydrogens (tertiary/aromatic N) is 1. The van der Waals surface area contributed by atoms with Crippen LogP contribution in [0, 0.1) is 11.3 Å². The largest absolute Gasteiger partial charge is 0.192 e. The van der Waals surface area contributed by atoms with E-state index in [-0.39, 0.29) is 5.66 Å². The van der Waals surface area contributed by atoms with Gasteiger partial charge in [0.1, 0.15) is 0 Å². The number of hydrogen-bond acceptors (Lipinski definition) is 1. The van der Waals surface area contributed by atoms with Gasteiger partial charge in [0.2, 0.25) is 0 Å². The smallest absolute Gasteiger partial charge is 0.0998 e. The van der Waals surface area contributed by atoms with Crippen LogP contribution in [0.4, 0.5) is 0 Å². The van der Waals surface area contributed by atoms with Gasteiger partial charge >= 0.3 is 0 Å². The van der Waals surface area contributed by atoms with Gasteiger partial charge in [-0.05, 0) is 46.9 Å². The summed E-state index contributed by atoms with van der Waals surface area (Å²) in [5.74, 6) is 0. The highest BCUT2D eigenvalue weighted by atomic mass is 31.1. The second-order valence-corrected chi connectivity index (χ2v) is 9.62. The molecular formula is C28H20NP. The molecule has 0 aliphatic heterocycles. The van der Waals surface area contributed by atoms with E-state index < -0.39 is 7.92 Å². The van der Waals surface area contributed by atoms with Crippen molar-refractivity contribution >= 4 is 30.2 Å². The van der Waals surface area contributed by atoms with Gasteiger partial charge in [-0.15, -0.1) is 0 Å². The molecule has 0 saturated heterocycles. The molecule has 0 unspecified atom stereocenters. The van der Waals surface area contributed by atoms with Crippen molar-refractivity contribution < 1.29 is 0 Å². The first kappa shape index (κ1) is 18.6. The maximum Gasteiger partial charge on any atom is 0.0998 e. The summed E-state index contributed by atoms with van der Waals surface area (Å²) in [5.41, 5.74) is 5.59. The van der Waals surface area contributed by atoms with Gasteiger partial charge in [-0.2, -0.15) is 5.26 Å². The predicted octanol–water partition coefficient (Wildman–Crippen LogP) is 6.29. The Hall–Kier alpha value is -3.46. The Balaban J connectivity index is 1.84. The molecule has 4 aromatic rings. The standard InChI is InChI=1S/C28H20NP/c29-20-22-19-21-11-7-8-17-26(21)28(27-18-10-9-16-25(22)27)30(23-12-3-1-4-13-23)24-14-5-2-6-15-24/h1-19,28H/t28-/m1/s1. The van der Waals surface area contributed by atoms with E-state index in [1.165, 1.54) is 21.7 Å². The van der Waals surface area contributed by atoms with Crippen molar-refractivity contribution in [3.05, 3.63) is 131 Å². The third kappa shape index (κ3) is 3.26. The first-order valence-electron chi connectivity index (χ1n) is 10.1. The lowest BCUT2D eigenvalue weighted by molar-refractivity contribution is 1.14. The second-order valence-electron chi connectivity index (χ2n) is 7.33. The molecule has 1 nitrogen and oxygen atoms in total. The van der Waals surface area contributed by atoms with Gasteiger partial charge in [0.25, 0.3) is 0 Å². The molecule has 142 valence electrons. The molecule has 0 radical (unpaired) electrons. The molecule has 0 amide bonds. The molecule has 0 spiro atoms. The first-order chi connectivity index (χ1) is 14.9. The molecule has 0 heterocycles. The van der Waals surface area contributed by atoms with E-state index >= 15 is 0 Å². The number of hydrogen-bond donors (Lipinski definition) is 0. The Morgan fingerprint density at radius 2 is 1.13 bits per heavy atom. The first-order valence-corrected chi connectivity index (χ1v) is 11.5. The molecule has 0 bridgehead atoms. The lowest BCUT2D eigenvalue weighted by Gasteiger charge is -2.31. The van der Waals surface area contributed by atoms with E-state index in [9.17, 15) is 5.26 Å². The van der Waals surface area contributed by atoms with Crippen molar-refractivity contribution in [2.24, 2.45) is 0 Å². The van der Waals surface area contributed by atoms with Crippen LogP contribution >= 0.6 is 7.92 Å². The van der Waals surface area contributed by atoms with Gasteiger partial charge in [0, 0.05) is 5.66 Å². The van der Waals surface area contributed by atoms with Crippen LogP contribution in [-0.2, 0) is 0 Å². The Kier molecular flexibility index (Phi) is 5.02. The number of allylic oxidation sites excluding steroid dienone is 1. The van der Waals surface area contributed by atoms with E-state index in [1.54, 1.807) is 0 Å². The van der Waals surface area contributed by atoms with Crippen LogP contribution < -0.4 is 10.6 Å². The maximum absolute atomic E-state index is 9.93. The molecule has 1 atom stereocenters. The SMILES string of the molecule is N#CC1=Cc2ccccc2[C@@H](P(c2ccccc2)c2ccccc2)c2ccccc21. The van der Waals surface area contributed by atoms with Gasteiger partial charge in [-0.3, -0.25) is 0 Å². The molecule has 1 aliphatic rings. The van der Waals surface area contributed by atoms with Crippen LogP contribution in [0.15, 0.2) is 109 Å². The highest BCUT2D eigenvalue weighted by molar-refractivity contribution is 7.73. The topological polar surface area (TPSA) is 23.8 Å². The Morgan fingerprint density at radius 1 is 0.600 bits per heavy atom. The van der Waals surface area contributed by atoms with Gasteiger partial charge in [0.05, 0.1) is 11.6 Å². The summed E-state index contributed by atoms with van der Waals surface area (Å²) in [6, 6.07) is 41.0. The Morgan fingerprint density at radius 3 is 1.77 bits per heavy atom. The summed E-state index contributed by atoms with van der Waals surface area (Å²) in [6.07, 6.45) is 2.05. The minimum absolute atomic E-state index is 0.166. The molecule has 2 heteroatoms. The minimum atomic E-state index is -0.726. The van der Waals surface area contributed by atoms with Crippen molar-refractivity contribution in [3.63, 3.8) is 0 Å². The fourth-order valence-electron chi connectivity index (χ4n) is 4.27. The van der Waals surface area contributed by atoms with Crippen LogP contribution in [0.5, 0.6) is 0 Å². The fraction of sp³-hybridized carbons (Fsp3) is 0.0357. The van der Waals surface area contributed by atoms with Crippen LogP contribution in [0.1, 0.15) is 27.9 Å². The predicted molar refractivity (Wildman–Crippen MR) is 127 cm³/mol. The van der Waals surface area contributed by atoms with Crippen molar-refractivity contribution in [1.29, 1.82) is 5.26 Å². The molecule has 4 aromatic carbocycles. The third-order valence-corrected chi connectivity index (χ3v) is 8.37. The molecule has 0 fully saturated rings. The van der Waals surface area contributed by atoms with Crippen molar-refractivity contribution in [3.8, 4) is 6.07 Å². The molecular weight excluding hydrogens is 381 g/mol. The lowest BCUT2D eigenvalue weighted by Crippen LogP contribution is -2.18. The summed E-state index contributed by atoms with van der Waals surface area (Å²) < 4.78 is 0. The van der Waals surface area contributed by atoms with Crippen LogP contribution in [0.3, 0.4) is 0 Å². The lowest BCUT2D eigenvalue weighted by atomic mass is 9.97. The molecule has 1 aliphatic carbocycles. The molecule has 0 aromatic heterocycles. The van der Waals surface area contributed by atoms with E-state index in [4.69, 9.17) is 0 Å². The minimum Gasteiger partial charge on any atom is -0.192 e. The normalized spacial score (nSPS) is 14.8. The number of benzene rings is 4. The highest BCUT2D eigenvalue weighted by Crippen LogP contribution is 2.56. The Bertz CT molecular complexity index is 1210. The quantitative estimate of drug-likeness (QED) is 0.370.